The molecule has 0 saturated heterocycles. The van der Waals surface area contributed by atoms with Gasteiger partial charge in [0.25, 0.3) is 5.91 Å². The Hall–Kier alpha value is -2.30. The van der Waals surface area contributed by atoms with Crippen LogP contribution in [-0.2, 0) is 7.05 Å². The molecule has 2 N–H and O–H groups in total. The van der Waals surface area contributed by atoms with Crippen LogP contribution in [0.25, 0.3) is 0 Å². The maximum absolute atomic E-state index is 12.2. The molecular weight excluding hydrogens is 216 g/mol. The van der Waals surface area contributed by atoms with E-state index in [2.05, 4.69) is 4.98 Å². The molecule has 0 bridgehead atoms. The van der Waals surface area contributed by atoms with Crippen LogP contribution in [0.4, 0.5) is 11.4 Å². The van der Waals surface area contributed by atoms with Gasteiger partial charge in [-0.3, -0.25) is 4.79 Å². The van der Waals surface area contributed by atoms with E-state index in [1.807, 2.05) is 18.2 Å². The first-order chi connectivity index (χ1) is 8.11. The fourth-order valence-electron chi connectivity index (χ4n) is 1.64. The molecule has 0 saturated carbocycles. The van der Waals surface area contributed by atoms with Gasteiger partial charge in [0.15, 0.2) is 0 Å². The second kappa shape index (κ2) is 4.29. The predicted octanol–water partition coefficient (Wildman–Crippen LogP) is 1.28. The minimum Gasteiger partial charge on any atom is -0.397 e. The number of aryl methyl sites for hydroxylation is 1. The van der Waals surface area contributed by atoms with Crippen LogP contribution in [0.15, 0.2) is 36.8 Å². The first-order valence-corrected chi connectivity index (χ1v) is 5.20. The molecule has 0 unspecified atom stereocenters. The molecule has 5 heteroatoms. The van der Waals surface area contributed by atoms with Crippen LogP contribution >= 0.6 is 0 Å². The van der Waals surface area contributed by atoms with Crippen LogP contribution in [-0.4, -0.2) is 22.5 Å². The third-order valence-electron chi connectivity index (χ3n) is 2.64. The first kappa shape index (κ1) is 11.2. The summed E-state index contributed by atoms with van der Waals surface area (Å²) in [4.78, 5) is 17.6. The number of nitrogens with two attached hydrogens (primary N) is 1. The number of carbonyl (C=O) groups excluding carboxylic acids is 1. The smallest absolute Gasteiger partial charge is 0.276 e. The van der Waals surface area contributed by atoms with E-state index in [-0.39, 0.29) is 5.91 Å². The molecule has 1 heterocycles. The topological polar surface area (TPSA) is 64.2 Å². The lowest BCUT2D eigenvalue weighted by atomic mass is 10.2. The molecule has 0 aliphatic rings. The summed E-state index contributed by atoms with van der Waals surface area (Å²) >= 11 is 0. The Bertz CT molecular complexity index is 547. The van der Waals surface area contributed by atoms with Crippen molar-refractivity contribution in [2.75, 3.05) is 17.7 Å². The minimum atomic E-state index is -0.136. The summed E-state index contributed by atoms with van der Waals surface area (Å²) in [6, 6.07) is 7.26. The molecule has 0 aliphatic heterocycles. The maximum Gasteiger partial charge on any atom is 0.276 e. The number of benzene rings is 1. The molecule has 0 spiro atoms. The lowest BCUT2D eigenvalue weighted by molar-refractivity contribution is 0.0985. The molecule has 0 aliphatic carbocycles. The summed E-state index contributed by atoms with van der Waals surface area (Å²) in [5.41, 5.74) is 7.63. The zero-order chi connectivity index (χ0) is 12.4. The van der Waals surface area contributed by atoms with Crippen molar-refractivity contribution in [1.82, 2.24) is 9.55 Å². The van der Waals surface area contributed by atoms with Crippen LogP contribution in [0.2, 0.25) is 0 Å². The van der Waals surface area contributed by atoms with E-state index in [0.29, 0.717) is 17.1 Å². The summed E-state index contributed by atoms with van der Waals surface area (Å²) in [6.07, 6.45) is 3.13. The Labute approximate surface area is 99.5 Å². The number of rotatable bonds is 2. The van der Waals surface area contributed by atoms with Crippen LogP contribution in [0.5, 0.6) is 0 Å². The molecule has 0 radical (unpaired) electrons. The van der Waals surface area contributed by atoms with Gasteiger partial charge in [-0.05, 0) is 12.1 Å². The second-order valence-electron chi connectivity index (χ2n) is 3.81. The van der Waals surface area contributed by atoms with Gasteiger partial charge in [0.1, 0.15) is 5.69 Å². The standard InChI is InChI=1S/C12H14N4O/c1-15-8-14-7-11(15)12(17)16(2)10-6-4-3-5-9(10)13/h3-8H,13H2,1-2H3. The SMILES string of the molecule is CN(C(=O)c1cncn1C)c1ccccc1N. The fourth-order valence-corrected chi connectivity index (χ4v) is 1.64. The molecule has 0 fully saturated rings. The molecule has 1 aromatic heterocycles. The molecule has 2 aromatic rings. The monoisotopic (exact) mass is 230 g/mol. The average Bonchev–Trinajstić information content (AvgIpc) is 2.74. The Balaban J connectivity index is 2.33. The third-order valence-corrected chi connectivity index (χ3v) is 2.64. The predicted molar refractivity (Wildman–Crippen MR) is 66.8 cm³/mol. The van der Waals surface area contributed by atoms with E-state index < -0.39 is 0 Å². The summed E-state index contributed by atoms with van der Waals surface area (Å²) in [7, 11) is 3.48. The normalized spacial score (nSPS) is 10.2. The number of carbonyl (C=O) groups is 1. The van der Waals surface area contributed by atoms with Gasteiger partial charge in [-0.15, -0.1) is 0 Å². The first-order valence-electron chi connectivity index (χ1n) is 5.20. The van der Waals surface area contributed by atoms with Crippen LogP contribution in [0, 0.1) is 0 Å². The van der Waals surface area contributed by atoms with Gasteiger partial charge < -0.3 is 15.2 Å². The highest BCUT2D eigenvalue weighted by Gasteiger charge is 2.17. The molecule has 1 amide bonds. The number of amides is 1. The largest absolute Gasteiger partial charge is 0.397 e. The van der Waals surface area contributed by atoms with Crippen molar-refractivity contribution in [3.05, 3.63) is 42.5 Å². The molecule has 2 rings (SSSR count). The van der Waals surface area contributed by atoms with Crippen LogP contribution in [0.1, 0.15) is 10.5 Å². The minimum absolute atomic E-state index is 0.136. The van der Waals surface area contributed by atoms with Gasteiger partial charge in [-0.1, -0.05) is 12.1 Å². The number of anilines is 2. The number of imidazole rings is 1. The van der Waals surface area contributed by atoms with Crippen molar-refractivity contribution in [3.8, 4) is 0 Å². The Morgan fingerprint density at radius 2 is 2.12 bits per heavy atom. The van der Waals surface area contributed by atoms with Crippen molar-refractivity contribution in [2.45, 2.75) is 0 Å². The molecular formula is C12H14N4O. The third kappa shape index (κ3) is 1.99. The van der Waals surface area contributed by atoms with E-state index in [1.54, 1.807) is 31.1 Å². The molecule has 5 nitrogen and oxygen atoms in total. The van der Waals surface area contributed by atoms with E-state index in [1.165, 1.54) is 11.1 Å². The van der Waals surface area contributed by atoms with E-state index in [4.69, 9.17) is 5.73 Å². The van der Waals surface area contributed by atoms with Crippen LogP contribution < -0.4 is 10.6 Å². The highest BCUT2D eigenvalue weighted by Crippen LogP contribution is 2.22. The van der Waals surface area contributed by atoms with Crippen molar-refractivity contribution >= 4 is 17.3 Å². The summed E-state index contributed by atoms with van der Waals surface area (Å²) in [5, 5.41) is 0. The van der Waals surface area contributed by atoms with Gasteiger partial charge >= 0.3 is 0 Å². The van der Waals surface area contributed by atoms with Crippen molar-refractivity contribution < 1.29 is 4.79 Å². The van der Waals surface area contributed by atoms with Crippen LogP contribution in [0.3, 0.4) is 0 Å². The maximum atomic E-state index is 12.2. The number of hydrogen-bond donors (Lipinski definition) is 1. The number of nitrogens with zero attached hydrogens (tertiary/aromatic N) is 3. The zero-order valence-corrected chi connectivity index (χ0v) is 9.79. The van der Waals surface area contributed by atoms with Crippen molar-refractivity contribution in [3.63, 3.8) is 0 Å². The number of hydrogen-bond acceptors (Lipinski definition) is 3. The van der Waals surface area contributed by atoms with Crippen molar-refractivity contribution in [1.29, 1.82) is 0 Å². The fraction of sp³-hybridized carbons (Fsp3) is 0.167. The van der Waals surface area contributed by atoms with Gasteiger partial charge in [-0.2, -0.15) is 0 Å². The number of aromatic nitrogens is 2. The second-order valence-corrected chi connectivity index (χ2v) is 3.81. The lowest BCUT2D eigenvalue weighted by Gasteiger charge is -2.18. The van der Waals surface area contributed by atoms with Gasteiger partial charge in [0.05, 0.1) is 23.9 Å². The highest BCUT2D eigenvalue weighted by molar-refractivity contribution is 6.06. The van der Waals surface area contributed by atoms with Gasteiger partial charge in [-0.25, -0.2) is 4.98 Å². The summed E-state index contributed by atoms with van der Waals surface area (Å²) in [5.74, 6) is -0.136. The average molecular weight is 230 g/mol. The number of nitrogen functional groups attached to an aromatic ring is 1. The highest BCUT2D eigenvalue weighted by atomic mass is 16.2. The van der Waals surface area contributed by atoms with E-state index in [0.717, 1.165) is 0 Å². The summed E-state index contributed by atoms with van der Waals surface area (Å²) in [6.45, 7) is 0. The quantitative estimate of drug-likeness (QED) is 0.790. The summed E-state index contributed by atoms with van der Waals surface area (Å²) < 4.78 is 1.68. The lowest BCUT2D eigenvalue weighted by Crippen LogP contribution is -2.28. The number of para-hydroxylation sites is 2. The Kier molecular flexibility index (Phi) is 2.82. The Morgan fingerprint density at radius 1 is 1.41 bits per heavy atom. The van der Waals surface area contributed by atoms with E-state index >= 15 is 0 Å². The van der Waals surface area contributed by atoms with Gasteiger partial charge in [0.2, 0.25) is 0 Å². The molecule has 1 aromatic carbocycles. The van der Waals surface area contributed by atoms with Gasteiger partial charge in [0, 0.05) is 14.1 Å². The Morgan fingerprint density at radius 3 is 2.71 bits per heavy atom. The van der Waals surface area contributed by atoms with Crippen molar-refractivity contribution in [2.24, 2.45) is 7.05 Å². The zero-order valence-electron chi connectivity index (χ0n) is 9.79. The molecule has 0 atom stereocenters. The van der Waals surface area contributed by atoms with E-state index in [9.17, 15) is 4.79 Å². The molecule has 88 valence electrons. The molecule has 17 heavy (non-hydrogen) atoms.